The smallest absolute Gasteiger partial charge is 0.334 e. The molecule has 3 rings (SSSR count). The second-order valence-electron chi connectivity index (χ2n) is 5.62. The van der Waals surface area contributed by atoms with Crippen molar-refractivity contribution in [2.24, 2.45) is 7.05 Å². The fourth-order valence-corrected chi connectivity index (χ4v) is 2.73. The van der Waals surface area contributed by atoms with Crippen molar-refractivity contribution in [3.05, 3.63) is 53.9 Å². The average Bonchev–Trinajstić information content (AvgIpc) is 2.97. The van der Waals surface area contributed by atoms with Crippen LogP contribution in [0.1, 0.15) is 18.9 Å². The van der Waals surface area contributed by atoms with E-state index in [0.717, 1.165) is 12.1 Å². The molecule has 1 fully saturated rings. The van der Waals surface area contributed by atoms with Gasteiger partial charge >= 0.3 is 5.97 Å². The van der Waals surface area contributed by atoms with E-state index in [0.29, 0.717) is 22.3 Å². The second kappa shape index (κ2) is 4.76. The number of ether oxygens (including phenoxy) is 1. The number of rotatable bonds is 2. The third-order valence-corrected chi connectivity index (χ3v) is 3.80. The highest BCUT2D eigenvalue weighted by molar-refractivity contribution is 5.91. The molecule has 1 aliphatic heterocycles. The van der Waals surface area contributed by atoms with Crippen molar-refractivity contribution < 1.29 is 18.3 Å². The molecule has 22 heavy (non-hydrogen) atoms. The van der Waals surface area contributed by atoms with E-state index in [1.807, 2.05) is 0 Å². The maximum atomic E-state index is 13.7. The van der Waals surface area contributed by atoms with E-state index in [2.05, 4.69) is 11.7 Å². The number of benzene rings is 1. The summed E-state index contributed by atoms with van der Waals surface area (Å²) < 4.78 is 34.3. The molecule has 0 amide bonds. The first-order chi connectivity index (χ1) is 10.3. The van der Waals surface area contributed by atoms with Gasteiger partial charge in [0.15, 0.2) is 11.6 Å². The van der Waals surface area contributed by atoms with Gasteiger partial charge in [0.1, 0.15) is 5.60 Å². The maximum absolute atomic E-state index is 13.7. The Morgan fingerprint density at radius 3 is 2.59 bits per heavy atom. The number of hydrogen-bond donors (Lipinski definition) is 0. The Morgan fingerprint density at radius 2 is 2.05 bits per heavy atom. The van der Waals surface area contributed by atoms with Crippen molar-refractivity contribution in [1.82, 2.24) is 9.78 Å². The molecule has 0 saturated carbocycles. The van der Waals surface area contributed by atoms with Gasteiger partial charge in [-0.15, -0.1) is 0 Å². The molecule has 1 aromatic carbocycles. The molecular weight excluding hydrogens is 290 g/mol. The monoisotopic (exact) mass is 304 g/mol. The summed E-state index contributed by atoms with van der Waals surface area (Å²) in [5.41, 5.74) is 0.687. The van der Waals surface area contributed by atoms with Crippen molar-refractivity contribution in [2.45, 2.75) is 18.9 Å². The Kier molecular flexibility index (Phi) is 3.12. The number of carbonyl (C=O) groups excluding carboxylic acids is 1. The average molecular weight is 304 g/mol. The van der Waals surface area contributed by atoms with Crippen LogP contribution >= 0.6 is 0 Å². The van der Waals surface area contributed by atoms with E-state index < -0.39 is 23.2 Å². The van der Waals surface area contributed by atoms with Crippen LogP contribution in [0.5, 0.6) is 0 Å². The third-order valence-electron chi connectivity index (χ3n) is 3.80. The van der Waals surface area contributed by atoms with Crippen LogP contribution in [0.2, 0.25) is 0 Å². The molecule has 1 saturated heterocycles. The van der Waals surface area contributed by atoms with Gasteiger partial charge in [-0.3, -0.25) is 4.68 Å². The minimum atomic E-state index is -1.08. The summed E-state index contributed by atoms with van der Waals surface area (Å²) in [6.07, 6.45) is 3.46. The van der Waals surface area contributed by atoms with Crippen molar-refractivity contribution in [2.75, 3.05) is 0 Å². The van der Waals surface area contributed by atoms with Crippen LogP contribution in [0.4, 0.5) is 8.78 Å². The molecule has 114 valence electrons. The number of aryl methyl sites for hydroxylation is 1. The van der Waals surface area contributed by atoms with Gasteiger partial charge in [-0.1, -0.05) is 6.58 Å². The lowest BCUT2D eigenvalue weighted by Crippen LogP contribution is -2.22. The minimum Gasteiger partial charge on any atom is -0.451 e. The summed E-state index contributed by atoms with van der Waals surface area (Å²) in [4.78, 5) is 11.7. The van der Waals surface area contributed by atoms with Gasteiger partial charge in [-0.25, -0.2) is 13.6 Å². The number of carbonyl (C=O) groups is 1. The van der Waals surface area contributed by atoms with Crippen molar-refractivity contribution in [3.8, 4) is 11.1 Å². The van der Waals surface area contributed by atoms with Crippen LogP contribution in [0.3, 0.4) is 0 Å². The molecule has 0 radical (unpaired) electrons. The van der Waals surface area contributed by atoms with E-state index in [9.17, 15) is 13.6 Å². The standard InChI is InChI=1S/C16H14F2N2O2/c1-9-6-16(2,22-15(9)21)12-5-14(18)13(17)4-11(12)10-7-19-20(3)8-10/h4-5,7-8H,1,6H2,2-3H3/t16-/m1/s1. The van der Waals surface area contributed by atoms with Crippen molar-refractivity contribution in [3.63, 3.8) is 0 Å². The van der Waals surface area contributed by atoms with E-state index in [1.54, 1.807) is 31.0 Å². The predicted molar refractivity (Wildman–Crippen MR) is 75.8 cm³/mol. The predicted octanol–water partition coefficient (Wildman–Crippen LogP) is 3.08. The van der Waals surface area contributed by atoms with Crippen LogP contribution in [0, 0.1) is 11.6 Å². The van der Waals surface area contributed by atoms with Gasteiger partial charge in [0.2, 0.25) is 0 Å². The first-order valence-electron chi connectivity index (χ1n) is 6.70. The Labute approximate surface area is 126 Å². The van der Waals surface area contributed by atoms with E-state index in [4.69, 9.17) is 4.74 Å². The van der Waals surface area contributed by atoms with Crippen LogP contribution in [-0.4, -0.2) is 15.7 Å². The molecular formula is C16H14F2N2O2. The molecule has 1 aromatic heterocycles. The lowest BCUT2D eigenvalue weighted by molar-refractivity contribution is -0.145. The van der Waals surface area contributed by atoms with Gasteiger partial charge in [-0.2, -0.15) is 5.10 Å². The lowest BCUT2D eigenvalue weighted by Gasteiger charge is -2.25. The molecule has 2 aromatic rings. The fourth-order valence-electron chi connectivity index (χ4n) is 2.73. The number of esters is 1. The Balaban J connectivity index is 2.20. The molecule has 0 aliphatic carbocycles. The lowest BCUT2D eigenvalue weighted by atomic mass is 9.86. The van der Waals surface area contributed by atoms with Gasteiger partial charge in [0, 0.05) is 36.4 Å². The summed E-state index contributed by atoms with van der Waals surface area (Å²) in [5.74, 6) is -2.48. The van der Waals surface area contributed by atoms with Gasteiger partial charge in [0.25, 0.3) is 0 Å². The molecule has 0 bridgehead atoms. The van der Waals surface area contributed by atoms with Gasteiger partial charge in [-0.05, 0) is 24.6 Å². The fraction of sp³-hybridized carbons (Fsp3) is 0.250. The summed E-state index contributed by atoms with van der Waals surface area (Å²) >= 11 is 0. The SMILES string of the molecule is C=C1C[C@](C)(c2cc(F)c(F)cc2-c2cnn(C)c2)OC1=O. The zero-order valence-corrected chi connectivity index (χ0v) is 12.2. The highest BCUT2D eigenvalue weighted by Gasteiger charge is 2.42. The van der Waals surface area contributed by atoms with Crippen molar-refractivity contribution >= 4 is 5.97 Å². The van der Waals surface area contributed by atoms with Crippen LogP contribution in [-0.2, 0) is 22.2 Å². The Morgan fingerprint density at radius 1 is 1.36 bits per heavy atom. The summed E-state index contributed by atoms with van der Waals surface area (Å²) in [6, 6.07) is 2.17. The first kappa shape index (κ1) is 14.4. The number of aromatic nitrogens is 2. The third kappa shape index (κ3) is 2.20. The molecule has 0 unspecified atom stereocenters. The summed E-state index contributed by atoms with van der Waals surface area (Å²) in [7, 11) is 1.72. The highest BCUT2D eigenvalue weighted by Crippen LogP contribution is 2.43. The quantitative estimate of drug-likeness (QED) is 0.632. The van der Waals surface area contributed by atoms with Crippen LogP contribution < -0.4 is 0 Å². The van der Waals surface area contributed by atoms with E-state index in [1.165, 1.54) is 0 Å². The Hall–Kier alpha value is -2.50. The molecule has 0 spiro atoms. The normalized spacial score (nSPS) is 21.3. The number of halogens is 2. The summed E-state index contributed by atoms with van der Waals surface area (Å²) in [6.45, 7) is 5.31. The van der Waals surface area contributed by atoms with Gasteiger partial charge in [0.05, 0.1) is 6.20 Å². The van der Waals surface area contributed by atoms with E-state index >= 15 is 0 Å². The zero-order chi connectivity index (χ0) is 16.1. The molecule has 4 nitrogen and oxygen atoms in total. The maximum Gasteiger partial charge on any atom is 0.334 e. The molecule has 0 N–H and O–H groups in total. The zero-order valence-electron chi connectivity index (χ0n) is 12.2. The molecule has 1 aliphatic rings. The number of hydrogen-bond acceptors (Lipinski definition) is 3. The van der Waals surface area contributed by atoms with E-state index in [-0.39, 0.29) is 6.42 Å². The number of cyclic esters (lactones) is 1. The minimum absolute atomic E-state index is 0.226. The largest absolute Gasteiger partial charge is 0.451 e. The second-order valence-corrected chi connectivity index (χ2v) is 5.62. The van der Waals surface area contributed by atoms with Crippen LogP contribution in [0.25, 0.3) is 11.1 Å². The highest BCUT2D eigenvalue weighted by atomic mass is 19.2. The Bertz CT molecular complexity index is 779. The van der Waals surface area contributed by atoms with Crippen molar-refractivity contribution in [1.29, 1.82) is 0 Å². The molecule has 6 heteroatoms. The molecule has 2 heterocycles. The van der Waals surface area contributed by atoms with Crippen LogP contribution in [0.15, 0.2) is 36.7 Å². The van der Waals surface area contributed by atoms with Gasteiger partial charge < -0.3 is 4.74 Å². The summed E-state index contributed by atoms with van der Waals surface area (Å²) in [5, 5.41) is 4.04. The molecule has 1 atom stereocenters. The number of nitrogens with zero attached hydrogens (tertiary/aromatic N) is 2. The topological polar surface area (TPSA) is 44.1 Å². The first-order valence-corrected chi connectivity index (χ1v) is 6.70.